The molecule has 0 aliphatic rings. The number of carbonyl (C=O) groups excluding carboxylic acids is 2. The van der Waals surface area contributed by atoms with Crippen LogP contribution in [0.2, 0.25) is 0 Å². The highest BCUT2D eigenvalue weighted by Crippen LogP contribution is 2.27. The number of rotatable bonds is 12. The van der Waals surface area contributed by atoms with E-state index < -0.39 is 28.5 Å². The molecule has 4 aromatic carbocycles. The van der Waals surface area contributed by atoms with Crippen molar-refractivity contribution < 1.29 is 18.0 Å². The van der Waals surface area contributed by atoms with Crippen LogP contribution >= 0.6 is 15.9 Å². The Morgan fingerprint density at radius 1 is 0.795 bits per heavy atom. The van der Waals surface area contributed by atoms with Crippen LogP contribution in [0.3, 0.4) is 0 Å². The molecule has 1 N–H and O–H groups in total. The van der Waals surface area contributed by atoms with E-state index in [2.05, 4.69) is 21.2 Å². The second kappa shape index (κ2) is 14.7. The molecule has 230 valence electrons. The van der Waals surface area contributed by atoms with E-state index in [0.717, 1.165) is 31.0 Å². The van der Waals surface area contributed by atoms with Crippen LogP contribution in [0, 0.1) is 13.8 Å². The van der Waals surface area contributed by atoms with E-state index in [-0.39, 0.29) is 29.8 Å². The van der Waals surface area contributed by atoms with E-state index in [1.54, 1.807) is 30.3 Å². The van der Waals surface area contributed by atoms with Gasteiger partial charge in [0, 0.05) is 23.5 Å². The van der Waals surface area contributed by atoms with Gasteiger partial charge in [0.15, 0.2) is 0 Å². The number of hydrogen-bond donors (Lipinski definition) is 1. The van der Waals surface area contributed by atoms with E-state index in [9.17, 15) is 18.0 Å². The van der Waals surface area contributed by atoms with Crippen LogP contribution in [0.25, 0.3) is 0 Å². The van der Waals surface area contributed by atoms with Gasteiger partial charge in [-0.25, -0.2) is 8.42 Å². The zero-order valence-corrected chi connectivity index (χ0v) is 27.8. The first-order valence-corrected chi connectivity index (χ1v) is 16.7. The molecule has 0 aromatic heterocycles. The number of sulfonamides is 1. The molecular weight excluding hydrogens is 638 g/mol. The molecule has 1 atom stereocenters. The first-order valence-electron chi connectivity index (χ1n) is 14.5. The summed E-state index contributed by atoms with van der Waals surface area (Å²) >= 11 is 3.51. The lowest BCUT2D eigenvalue weighted by Crippen LogP contribution is -2.54. The van der Waals surface area contributed by atoms with Crippen LogP contribution in [0.15, 0.2) is 112 Å². The Hall–Kier alpha value is -3.95. The number of hydrogen-bond acceptors (Lipinski definition) is 4. The van der Waals surface area contributed by atoms with Crippen molar-refractivity contribution in [3.63, 3.8) is 0 Å². The van der Waals surface area contributed by atoms with E-state index in [1.165, 1.54) is 17.0 Å². The molecule has 0 aliphatic carbocycles. The van der Waals surface area contributed by atoms with Gasteiger partial charge in [-0.05, 0) is 86.3 Å². The molecule has 9 heteroatoms. The van der Waals surface area contributed by atoms with Gasteiger partial charge < -0.3 is 10.2 Å². The van der Waals surface area contributed by atoms with Gasteiger partial charge in [0.2, 0.25) is 11.8 Å². The van der Waals surface area contributed by atoms with Crippen LogP contribution in [0.5, 0.6) is 0 Å². The fraction of sp³-hybridized carbons (Fsp3) is 0.257. The summed E-state index contributed by atoms with van der Waals surface area (Å²) in [7, 11) is -4.14. The summed E-state index contributed by atoms with van der Waals surface area (Å²) in [6.07, 6.45) is 0.258. The minimum atomic E-state index is -4.14. The molecule has 0 aliphatic heterocycles. The predicted octanol–water partition coefficient (Wildman–Crippen LogP) is 6.43. The lowest BCUT2D eigenvalue weighted by atomic mass is 10.0. The Bertz CT molecular complexity index is 1680. The highest BCUT2D eigenvalue weighted by molar-refractivity contribution is 9.10. The SMILES string of the molecule is Cc1cc(C)cc(N(CC(=O)N(Cc2cccc(Br)c2)[C@H](Cc2ccccc2)C(=O)NC(C)C)S(=O)(=O)c2ccccc2)c1. The Kier molecular flexibility index (Phi) is 11.0. The van der Waals surface area contributed by atoms with Crippen LogP contribution in [0.1, 0.15) is 36.1 Å². The fourth-order valence-corrected chi connectivity index (χ4v) is 6.98. The van der Waals surface area contributed by atoms with Crippen molar-refractivity contribution in [2.75, 3.05) is 10.8 Å². The largest absolute Gasteiger partial charge is 0.352 e. The lowest BCUT2D eigenvalue weighted by molar-refractivity contribution is -0.140. The number of nitrogens with zero attached hydrogens (tertiary/aromatic N) is 2. The van der Waals surface area contributed by atoms with Gasteiger partial charge >= 0.3 is 0 Å². The third-order valence-corrected chi connectivity index (χ3v) is 9.33. The maximum Gasteiger partial charge on any atom is 0.264 e. The van der Waals surface area contributed by atoms with Crippen molar-refractivity contribution in [1.29, 1.82) is 0 Å². The third kappa shape index (κ3) is 8.57. The van der Waals surface area contributed by atoms with E-state index in [4.69, 9.17) is 0 Å². The van der Waals surface area contributed by atoms with Gasteiger partial charge in [-0.2, -0.15) is 0 Å². The molecule has 7 nitrogen and oxygen atoms in total. The van der Waals surface area contributed by atoms with Crippen LogP contribution in [-0.4, -0.2) is 43.8 Å². The molecule has 4 rings (SSSR count). The topological polar surface area (TPSA) is 86.8 Å². The van der Waals surface area contributed by atoms with Crippen molar-refractivity contribution in [3.05, 3.63) is 130 Å². The second-order valence-electron chi connectivity index (χ2n) is 11.2. The number of nitrogens with one attached hydrogen (secondary N) is 1. The van der Waals surface area contributed by atoms with Gasteiger partial charge in [0.05, 0.1) is 10.6 Å². The number of benzene rings is 4. The molecule has 2 amide bonds. The van der Waals surface area contributed by atoms with E-state index in [0.29, 0.717) is 5.69 Å². The average Bonchev–Trinajstić information content (AvgIpc) is 2.97. The first kappa shape index (κ1) is 33.0. The van der Waals surface area contributed by atoms with Crippen LogP contribution in [0.4, 0.5) is 5.69 Å². The smallest absolute Gasteiger partial charge is 0.264 e. The monoisotopic (exact) mass is 675 g/mol. The summed E-state index contributed by atoms with van der Waals surface area (Å²) in [5.74, 6) is -0.806. The minimum absolute atomic E-state index is 0.0730. The molecular formula is C35H38BrN3O4S. The zero-order chi connectivity index (χ0) is 31.9. The molecule has 0 saturated heterocycles. The molecule has 0 spiro atoms. The zero-order valence-electron chi connectivity index (χ0n) is 25.4. The molecule has 44 heavy (non-hydrogen) atoms. The van der Waals surface area contributed by atoms with Crippen molar-refractivity contribution in [2.45, 2.75) is 57.6 Å². The van der Waals surface area contributed by atoms with Gasteiger partial charge in [-0.1, -0.05) is 82.7 Å². The second-order valence-corrected chi connectivity index (χ2v) is 14.0. The van der Waals surface area contributed by atoms with Gasteiger partial charge in [0.1, 0.15) is 12.6 Å². The first-order chi connectivity index (χ1) is 20.9. The molecule has 0 heterocycles. The van der Waals surface area contributed by atoms with Gasteiger partial charge in [-0.3, -0.25) is 13.9 Å². The number of carbonyl (C=O) groups is 2. The van der Waals surface area contributed by atoms with Crippen molar-refractivity contribution in [1.82, 2.24) is 10.2 Å². The number of aryl methyl sites for hydroxylation is 2. The number of halogens is 1. The Balaban J connectivity index is 1.82. The van der Waals surface area contributed by atoms with Crippen LogP contribution in [-0.2, 0) is 32.6 Å². The summed E-state index contributed by atoms with van der Waals surface area (Å²) in [5, 5.41) is 2.98. The number of amides is 2. The molecule has 0 fully saturated rings. The molecule has 0 unspecified atom stereocenters. The molecule has 0 radical (unpaired) electrons. The summed E-state index contributed by atoms with van der Waals surface area (Å²) in [5.41, 5.74) is 3.79. The predicted molar refractivity (Wildman–Crippen MR) is 179 cm³/mol. The Labute approximate surface area is 269 Å². The lowest BCUT2D eigenvalue weighted by Gasteiger charge is -2.34. The van der Waals surface area contributed by atoms with Gasteiger partial charge in [-0.15, -0.1) is 0 Å². The maximum absolute atomic E-state index is 14.5. The summed E-state index contributed by atoms with van der Waals surface area (Å²) in [4.78, 5) is 29.9. The third-order valence-electron chi connectivity index (χ3n) is 7.05. The van der Waals surface area contributed by atoms with E-state index in [1.807, 2.05) is 88.4 Å². The van der Waals surface area contributed by atoms with Gasteiger partial charge in [0.25, 0.3) is 10.0 Å². The van der Waals surface area contributed by atoms with Crippen LogP contribution < -0.4 is 9.62 Å². The Morgan fingerprint density at radius 3 is 1.98 bits per heavy atom. The number of anilines is 1. The summed E-state index contributed by atoms with van der Waals surface area (Å²) < 4.78 is 30.2. The summed E-state index contributed by atoms with van der Waals surface area (Å²) in [6, 6.07) is 29.5. The Morgan fingerprint density at radius 2 is 1.39 bits per heavy atom. The van der Waals surface area contributed by atoms with E-state index >= 15 is 0 Å². The highest BCUT2D eigenvalue weighted by Gasteiger charge is 2.35. The fourth-order valence-electron chi connectivity index (χ4n) is 5.11. The van der Waals surface area contributed by atoms with Crippen molar-refractivity contribution >= 4 is 43.5 Å². The quantitative estimate of drug-likeness (QED) is 0.188. The highest BCUT2D eigenvalue weighted by atomic mass is 79.9. The van der Waals surface area contributed by atoms with Crippen molar-refractivity contribution in [3.8, 4) is 0 Å². The molecule has 0 saturated carbocycles. The van der Waals surface area contributed by atoms with Crippen molar-refractivity contribution in [2.24, 2.45) is 0 Å². The maximum atomic E-state index is 14.5. The molecule has 4 aromatic rings. The summed E-state index contributed by atoms with van der Waals surface area (Å²) in [6.45, 7) is 7.12. The average molecular weight is 677 g/mol. The normalized spacial score (nSPS) is 12.0. The molecule has 0 bridgehead atoms. The standard InChI is InChI=1S/C35H38BrN3O4S/c1-25(2)37-35(41)33(22-28-12-7-5-8-13-28)38(23-29-14-11-15-30(36)21-29)34(40)24-39(31-19-26(3)18-27(4)20-31)44(42,43)32-16-9-6-10-17-32/h5-21,25,33H,22-24H2,1-4H3,(H,37,41)/t33-/m1/s1. The minimum Gasteiger partial charge on any atom is -0.352 e.